The first kappa shape index (κ1) is 11.5. The lowest BCUT2D eigenvalue weighted by Gasteiger charge is -2.32. The molecule has 2 heterocycles. The van der Waals surface area contributed by atoms with Crippen LogP contribution in [0.4, 0.5) is 5.69 Å². The number of aromatic nitrogens is 2. The Balaban J connectivity index is 2.33. The van der Waals surface area contributed by atoms with Gasteiger partial charge in [0.2, 0.25) is 0 Å². The molecule has 5 heteroatoms. The lowest BCUT2D eigenvalue weighted by atomic mass is 10.00. The molecule has 4 nitrogen and oxygen atoms in total. The van der Waals surface area contributed by atoms with Crippen molar-refractivity contribution in [2.45, 2.75) is 19.8 Å². The van der Waals surface area contributed by atoms with Crippen molar-refractivity contribution in [3.05, 3.63) is 21.6 Å². The van der Waals surface area contributed by atoms with E-state index in [0.717, 1.165) is 25.2 Å². The van der Waals surface area contributed by atoms with Gasteiger partial charge in [-0.05, 0) is 18.8 Å². The first-order valence-corrected chi connectivity index (χ1v) is 5.94. The summed E-state index contributed by atoms with van der Waals surface area (Å²) in [4.78, 5) is 13.8. The van der Waals surface area contributed by atoms with Gasteiger partial charge < -0.3 is 4.90 Å². The van der Waals surface area contributed by atoms with Crippen molar-refractivity contribution in [3.8, 4) is 0 Å². The Morgan fingerprint density at radius 1 is 1.56 bits per heavy atom. The standard InChI is InChI=1S/C11H16ClN3O/c1-8-4-3-5-15(7-8)9-6-13-14(2)11(16)10(9)12/h6,8H,3-5,7H2,1-2H3. The van der Waals surface area contributed by atoms with Crippen LogP contribution in [0.25, 0.3) is 0 Å². The van der Waals surface area contributed by atoms with Crippen molar-refractivity contribution in [1.82, 2.24) is 9.78 Å². The molecule has 0 N–H and O–H groups in total. The molecule has 0 aromatic carbocycles. The number of anilines is 1. The Labute approximate surface area is 99.8 Å². The number of aryl methyl sites for hydroxylation is 1. The number of piperidine rings is 1. The van der Waals surface area contributed by atoms with E-state index in [1.165, 1.54) is 11.1 Å². The van der Waals surface area contributed by atoms with Gasteiger partial charge in [-0.3, -0.25) is 4.79 Å². The van der Waals surface area contributed by atoms with Crippen LogP contribution >= 0.6 is 11.6 Å². The third-order valence-electron chi connectivity index (χ3n) is 3.06. The zero-order chi connectivity index (χ0) is 11.7. The lowest BCUT2D eigenvalue weighted by molar-refractivity contribution is 0.446. The minimum absolute atomic E-state index is 0.225. The first-order chi connectivity index (χ1) is 7.59. The molecule has 1 aromatic rings. The maximum absolute atomic E-state index is 11.7. The SMILES string of the molecule is CC1CCCN(c2cnn(C)c(=O)c2Cl)C1. The molecule has 1 fully saturated rings. The van der Waals surface area contributed by atoms with E-state index in [1.807, 2.05) is 0 Å². The van der Waals surface area contributed by atoms with Crippen LogP contribution in [0.5, 0.6) is 0 Å². The van der Waals surface area contributed by atoms with Gasteiger partial charge >= 0.3 is 0 Å². The Morgan fingerprint density at radius 2 is 2.31 bits per heavy atom. The average Bonchev–Trinajstić information content (AvgIpc) is 2.26. The average molecular weight is 242 g/mol. The van der Waals surface area contributed by atoms with Gasteiger partial charge in [0, 0.05) is 20.1 Å². The zero-order valence-corrected chi connectivity index (χ0v) is 10.4. The molecule has 1 saturated heterocycles. The fraction of sp³-hybridized carbons (Fsp3) is 0.636. The van der Waals surface area contributed by atoms with Gasteiger partial charge in [-0.15, -0.1) is 0 Å². The van der Waals surface area contributed by atoms with Gasteiger partial charge in [-0.2, -0.15) is 5.10 Å². The second-order valence-electron chi connectivity index (χ2n) is 4.47. The summed E-state index contributed by atoms with van der Waals surface area (Å²) in [5.74, 6) is 0.647. The minimum atomic E-state index is -0.225. The van der Waals surface area contributed by atoms with Crippen molar-refractivity contribution >= 4 is 17.3 Å². The van der Waals surface area contributed by atoms with Gasteiger partial charge in [0.1, 0.15) is 5.02 Å². The van der Waals surface area contributed by atoms with Gasteiger partial charge in [0.25, 0.3) is 5.56 Å². The second-order valence-corrected chi connectivity index (χ2v) is 4.84. The zero-order valence-electron chi connectivity index (χ0n) is 9.61. The van der Waals surface area contributed by atoms with E-state index in [0.29, 0.717) is 5.92 Å². The van der Waals surface area contributed by atoms with Crippen LogP contribution < -0.4 is 10.5 Å². The molecule has 0 spiro atoms. The fourth-order valence-corrected chi connectivity index (χ4v) is 2.42. The van der Waals surface area contributed by atoms with Crippen LogP contribution in [-0.2, 0) is 7.05 Å². The Bertz CT molecular complexity index is 443. The van der Waals surface area contributed by atoms with E-state index in [1.54, 1.807) is 13.2 Å². The smallest absolute Gasteiger partial charge is 0.287 e. The number of halogens is 1. The molecular formula is C11H16ClN3O. The summed E-state index contributed by atoms with van der Waals surface area (Å²) in [6, 6.07) is 0. The summed E-state index contributed by atoms with van der Waals surface area (Å²) in [6.07, 6.45) is 4.07. The normalized spacial score (nSPS) is 21.2. The van der Waals surface area contributed by atoms with Crippen LogP contribution in [0.15, 0.2) is 11.0 Å². The van der Waals surface area contributed by atoms with Gasteiger partial charge in [-0.25, -0.2) is 4.68 Å². The Hall–Kier alpha value is -1.03. The molecule has 1 aromatic heterocycles. The molecule has 0 saturated carbocycles. The number of nitrogens with zero attached hydrogens (tertiary/aromatic N) is 3. The predicted octanol–water partition coefficient (Wildman–Crippen LogP) is 1.67. The van der Waals surface area contributed by atoms with Crippen molar-refractivity contribution in [2.24, 2.45) is 13.0 Å². The van der Waals surface area contributed by atoms with E-state index in [9.17, 15) is 4.79 Å². The highest BCUT2D eigenvalue weighted by Gasteiger charge is 2.20. The highest BCUT2D eigenvalue weighted by Crippen LogP contribution is 2.26. The summed E-state index contributed by atoms with van der Waals surface area (Å²) < 4.78 is 1.26. The van der Waals surface area contributed by atoms with Gasteiger partial charge in [-0.1, -0.05) is 18.5 Å². The molecule has 1 aliphatic heterocycles. The van der Waals surface area contributed by atoms with Crippen LogP contribution in [-0.4, -0.2) is 22.9 Å². The summed E-state index contributed by atoms with van der Waals surface area (Å²) in [7, 11) is 1.61. The van der Waals surface area contributed by atoms with Crippen molar-refractivity contribution in [2.75, 3.05) is 18.0 Å². The maximum Gasteiger partial charge on any atom is 0.287 e. The number of rotatable bonds is 1. The molecular weight excluding hydrogens is 226 g/mol. The van der Waals surface area contributed by atoms with Crippen LogP contribution in [0, 0.1) is 5.92 Å². The molecule has 16 heavy (non-hydrogen) atoms. The maximum atomic E-state index is 11.7. The van der Waals surface area contributed by atoms with E-state index >= 15 is 0 Å². The van der Waals surface area contributed by atoms with Gasteiger partial charge in [0.05, 0.1) is 11.9 Å². The largest absolute Gasteiger partial charge is 0.369 e. The molecule has 0 amide bonds. The highest BCUT2D eigenvalue weighted by atomic mass is 35.5. The van der Waals surface area contributed by atoms with E-state index < -0.39 is 0 Å². The third kappa shape index (κ3) is 2.07. The first-order valence-electron chi connectivity index (χ1n) is 5.56. The van der Waals surface area contributed by atoms with Crippen LogP contribution in [0.2, 0.25) is 5.02 Å². The lowest BCUT2D eigenvalue weighted by Crippen LogP contribution is -2.36. The molecule has 1 aliphatic rings. The molecule has 88 valence electrons. The predicted molar refractivity (Wildman–Crippen MR) is 65.1 cm³/mol. The Kier molecular flexibility index (Phi) is 3.19. The quantitative estimate of drug-likeness (QED) is 0.751. The van der Waals surface area contributed by atoms with E-state index in [2.05, 4.69) is 16.9 Å². The Morgan fingerprint density at radius 3 is 3.00 bits per heavy atom. The molecule has 0 radical (unpaired) electrons. The summed E-state index contributed by atoms with van der Waals surface area (Å²) in [5.41, 5.74) is 0.550. The number of hydrogen-bond acceptors (Lipinski definition) is 3. The molecule has 0 aliphatic carbocycles. The third-order valence-corrected chi connectivity index (χ3v) is 3.41. The van der Waals surface area contributed by atoms with Crippen LogP contribution in [0.1, 0.15) is 19.8 Å². The van der Waals surface area contributed by atoms with Crippen molar-refractivity contribution < 1.29 is 0 Å². The summed E-state index contributed by atoms with van der Waals surface area (Å²) >= 11 is 6.06. The molecule has 2 rings (SSSR count). The van der Waals surface area contributed by atoms with Crippen molar-refractivity contribution in [3.63, 3.8) is 0 Å². The fourth-order valence-electron chi connectivity index (χ4n) is 2.13. The molecule has 1 atom stereocenters. The molecule has 1 unspecified atom stereocenters. The van der Waals surface area contributed by atoms with Crippen LogP contribution in [0.3, 0.4) is 0 Å². The summed E-state index contributed by atoms with van der Waals surface area (Å²) in [6.45, 7) is 4.13. The van der Waals surface area contributed by atoms with E-state index in [-0.39, 0.29) is 10.6 Å². The minimum Gasteiger partial charge on any atom is -0.369 e. The summed E-state index contributed by atoms with van der Waals surface area (Å²) in [5, 5.41) is 4.30. The number of hydrogen-bond donors (Lipinski definition) is 0. The highest BCUT2D eigenvalue weighted by molar-refractivity contribution is 6.33. The van der Waals surface area contributed by atoms with Crippen molar-refractivity contribution in [1.29, 1.82) is 0 Å². The van der Waals surface area contributed by atoms with E-state index in [4.69, 9.17) is 11.6 Å². The second kappa shape index (κ2) is 4.45. The van der Waals surface area contributed by atoms with Gasteiger partial charge in [0.15, 0.2) is 0 Å². The molecule has 0 bridgehead atoms. The monoisotopic (exact) mass is 241 g/mol. The topological polar surface area (TPSA) is 38.1 Å².